The molecular formula is C13H16ClNO3. The fraction of sp³-hybridized carbons (Fsp3) is 0.462. The van der Waals surface area contributed by atoms with Crippen LogP contribution in [0.5, 0.6) is 5.75 Å². The van der Waals surface area contributed by atoms with Crippen LogP contribution in [0.25, 0.3) is 0 Å². The summed E-state index contributed by atoms with van der Waals surface area (Å²) in [5, 5.41) is 0. The maximum atomic E-state index is 5.48. The van der Waals surface area contributed by atoms with Gasteiger partial charge in [-0.2, -0.15) is 0 Å². The highest BCUT2D eigenvalue weighted by Gasteiger charge is 1.96. The van der Waals surface area contributed by atoms with Crippen LogP contribution in [-0.4, -0.2) is 44.4 Å². The van der Waals surface area contributed by atoms with Crippen LogP contribution in [0, 0.1) is 11.8 Å². The number of rotatable bonds is 7. The Labute approximate surface area is 112 Å². The van der Waals surface area contributed by atoms with E-state index in [2.05, 4.69) is 16.8 Å². The summed E-state index contributed by atoms with van der Waals surface area (Å²) < 4.78 is 15.6. The first kappa shape index (κ1) is 14.8. The highest BCUT2D eigenvalue weighted by molar-refractivity contribution is 6.19. The molecule has 1 aromatic rings. The van der Waals surface area contributed by atoms with Gasteiger partial charge in [-0.15, -0.1) is 11.6 Å². The van der Waals surface area contributed by atoms with E-state index in [9.17, 15) is 0 Å². The minimum Gasteiger partial charge on any atom is -0.490 e. The van der Waals surface area contributed by atoms with Crippen molar-refractivity contribution < 1.29 is 14.2 Å². The molecule has 0 N–H and O–H groups in total. The SMILES string of the molecule is COCCOCCOc1cncc(C#CCCl)c1. The number of alkyl halides is 1. The van der Waals surface area contributed by atoms with Crippen molar-refractivity contribution in [3.05, 3.63) is 24.0 Å². The van der Waals surface area contributed by atoms with Gasteiger partial charge in [0.2, 0.25) is 0 Å². The Bertz CT molecular complexity index is 401. The average Bonchev–Trinajstić information content (AvgIpc) is 2.41. The van der Waals surface area contributed by atoms with Crippen molar-refractivity contribution >= 4 is 11.6 Å². The topological polar surface area (TPSA) is 40.6 Å². The monoisotopic (exact) mass is 269 g/mol. The van der Waals surface area contributed by atoms with Gasteiger partial charge in [0.05, 0.1) is 31.9 Å². The van der Waals surface area contributed by atoms with Crippen molar-refractivity contribution in [3.8, 4) is 17.6 Å². The predicted molar refractivity (Wildman–Crippen MR) is 70.0 cm³/mol. The van der Waals surface area contributed by atoms with Gasteiger partial charge in [0, 0.05) is 18.9 Å². The molecule has 5 heteroatoms. The molecule has 98 valence electrons. The first-order valence-corrected chi connectivity index (χ1v) is 6.09. The van der Waals surface area contributed by atoms with Crippen molar-refractivity contribution in [1.29, 1.82) is 0 Å². The van der Waals surface area contributed by atoms with E-state index in [4.69, 9.17) is 25.8 Å². The van der Waals surface area contributed by atoms with Crippen molar-refractivity contribution in [1.82, 2.24) is 4.98 Å². The summed E-state index contributed by atoms with van der Waals surface area (Å²) in [6.45, 7) is 2.14. The highest BCUT2D eigenvalue weighted by atomic mass is 35.5. The Morgan fingerprint density at radius 2 is 2.06 bits per heavy atom. The molecule has 1 rings (SSSR count). The van der Waals surface area contributed by atoms with Crippen LogP contribution in [0.1, 0.15) is 5.56 Å². The summed E-state index contributed by atoms with van der Waals surface area (Å²) in [6, 6.07) is 1.82. The fourth-order valence-electron chi connectivity index (χ4n) is 1.16. The maximum Gasteiger partial charge on any atom is 0.138 e. The zero-order valence-electron chi connectivity index (χ0n) is 10.3. The second-order valence-electron chi connectivity index (χ2n) is 3.30. The first-order valence-electron chi connectivity index (χ1n) is 5.56. The van der Waals surface area contributed by atoms with Crippen molar-refractivity contribution in [2.24, 2.45) is 0 Å². The minimum absolute atomic E-state index is 0.304. The van der Waals surface area contributed by atoms with E-state index >= 15 is 0 Å². The lowest BCUT2D eigenvalue weighted by Gasteiger charge is -2.06. The summed E-state index contributed by atoms with van der Waals surface area (Å²) in [4.78, 5) is 4.03. The summed E-state index contributed by atoms with van der Waals surface area (Å²) in [5.74, 6) is 6.62. The molecule has 0 aliphatic heterocycles. The standard InChI is InChI=1S/C13H16ClNO3/c1-16-5-6-17-7-8-18-13-9-12(3-2-4-14)10-15-11-13/h9-11H,4-8H2,1H3. The molecule has 0 unspecified atom stereocenters. The molecular weight excluding hydrogens is 254 g/mol. The molecule has 1 aromatic heterocycles. The molecule has 0 aliphatic rings. The van der Waals surface area contributed by atoms with Crippen LogP contribution in [0.15, 0.2) is 18.5 Å². The third kappa shape index (κ3) is 6.45. The molecule has 4 nitrogen and oxygen atoms in total. The Balaban J connectivity index is 2.29. The number of ether oxygens (including phenoxy) is 3. The first-order chi connectivity index (χ1) is 8.86. The number of halogens is 1. The van der Waals surface area contributed by atoms with E-state index in [1.165, 1.54) is 0 Å². The van der Waals surface area contributed by atoms with Crippen molar-refractivity contribution in [2.45, 2.75) is 0 Å². The lowest BCUT2D eigenvalue weighted by atomic mass is 10.3. The molecule has 1 heterocycles. The van der Waals surface area contributed by atoms with E-state index in [1.807, 2.05) is 6.07 Å². The van der Waals surface area contributed by atoms with E-state index < -0.39 is 0 Å². The number of aromatic nitrogens is 1. The number of hydrogen-bond acceptors (Lipinski definition) is 4. The number of nitrogens with zero attached hydrogens (tertiary/aromatic N) is 1. The third-order valence-electron chi connectivity index (χ3n) is 1.94. The van der Waals surface area contributed by atoms with Crippen LogP contribution >= 0.6 is 11.6 Å². The Kier molecular flexibility index (Phi) is 7.98. The lowest BCUT2D eigenvalue weighted by molar-refractivity contribution is 0.0543. The van der Waals surface area contributed by atoms with Crippen molar-refractivity contribution in [3.63, 3.8) is 0 Å². The molecule has 0 saturated carbocycles. The summed E-state index contributed by atoms with van der Waals surface area (Å²) in [5.41, 5.74) is 0.786. The zero-order valence-corrected chi connectivity index (χ0v) is 11.1. The summed E-state index contributed by atoms with van der Waals surface area (Å²) in [7, 11) is 1.64. The normalized spacial score (nSPS) is 9.67. The van der Waals surface area contributed by atoms with E-state index in [1.54, 1.807) is 19.5 Å². The summed E-state index contributed by atoms with van der Waals surface area (Å²) >= 11 is 5.48. The van der Waals surface area contributed by atoms with Crippen LogP contribution in [0.2, 0.25) is 0 Å². The molecule has 0 aromatic carbocycles. The second-order valence-corrected chi connectivity index (χ2v) is 3.57. The molecule has 0 amide bonds. The highest BCUT2D eigenvalue weighted by Crippen LogP contribution is 2.10. The maximum absolute atomic E-state index is 5.48. The molecule has 0 bridgehead atoms. The largest absolute Gasteiger partial charge is 0.490 e. The van der Waals surface area contributed by atoms with E-state index in [0.29, 0.717) is 38.1 Å². The number of hydrogen-bond donors (Lipinski definition) is 0. The quantitative estimate of drug-likeness (QED) is 0.429. The molecule has 0 fully saturated rings. The molecule has 18 heavy (non-hydrogen) atoms. The van der Waals surface area contributed by atoms with Gasteiger partial charge in [-0.25, -0.2) is 0 Å². The molecule has 0 radical (unpaired) electrons. The van der Waals surface area contributed by atoms with Crippen LogP contribution in [0.3, 0.4) is 0 Å². The second kappa shape index (κ2) is 9.72. The zero-order chi connectivity index (χ0) is 13.1. The van der Waals surface area contributed by atoms with E-state index in [0.717, 1.165) is 5.56 Å². The van der Waals surface area contributed by atoms with Gasteiger partial charge in [-0.05, 0) is 6.07 Å². The minimum atomic E-state index is 0.304. The molecule has 0 saturated heterocycles. The van der Waals surface area contributed by atoms with Gasteiger partial charge in [-0.3, -0.25) is 4.98 Å². The van der Waals surface area contributed by atoms with Gasteiger partial charge >= 0.3 is 0 Å². The number of methoxy groups -OCH3 is 1. The van der Waals surface area contributed by atoms with Gasteiger partial charge < -0.3 is 14.2 Å². The van der Waals surface area contributed by atoms with Gasteiger partial charge in [0.15, 0.2) is 0 Å². The Hall–Kier alpha value is -1.28. The predicted octanol–water partition coefficient (Wildman–Crippen LogP) is 1.71. The molecule has 0 aliphatic carbocycles. The van der Waals surface area contributed by atoms with E-state index in [-0.39, 0.29) is 0 Å². The lowest BCUT2D eigenvalue weighted by Crippen LogP contribution is -2.10. The van der Waals surface area contributed by atoms with Crippen molar-refractivity contribution in [2.75, 3.05) is 39.4 Å². The molecule has 0 spiro atoms. The van der Waals surface area contributed by atoms with Gasteiger partial charge in [0.25, 0.3) is 0 Å². The smallest absolute Gasteiger partial charge is 0.138 e. The number of pyridine rings is 1. The summed E-state index contributed by atoms with van der Waals surface area (Å²) in [6.07, 6.45) is 3.31. The third-order valence-corrected chi connectivity index (χ3v) is 2.07. The van der Waals surface area contributed by atoms with Gasteiger partial charge in [-0.1, -0.05) is 11.8 Å². The average molecular weight is 270 g/mol. The molecule has 0 atom stereocenters. The van der Waals surface area contributed by atoms with Crippen LogP contribution in [0.4, 0.5) is 0 Å². The van der Waals surface area contributed by atoms with Crippen LogP contribution < -0.4 is 4.74 Å². The fourth-order valence-corrected chi connectivity index (χ4v) is 1.23. The van der Waals surface area contributed by atoms with Gasteiger partial charge in [0.1, 0.15) is 12.4 Å². The Morgan fingerprint density at radius 1 is 1.22 bits per heavy atom. The Morgan fingerprint density at radius 3 is 2.83 bits per heavy atom. The van der Waals surface area contributed by atoms with Crippen LogP contribution in [-0.2, 0) is 9.47 Å².